The molecule has 4 heteroatoms. The van der Waals surface area contributed by atoms with E-state index in [4.69, 9.17) is 10.5 Å². The monoisotopic (exact) mass is 144 g/mol. The highest BCUT2D eigenvalue weighted by Crippen LogP contribution is 1.90. The fourth-order valence-electron chi connectivity index (χ4n) is 0.491. The van der Waals surface area contributed by atoms with Crippen molar-refractivity contribution in [2.75, 3.05) is 7.05 Å². The number of esters is 1. The third kappa shape index (κ3) is 3.06. The summed E-state index contributed by atoms with van der Waals surface area (Å²) in [5.74, 6) is -0.0192. The van der Waals surface area contributed by atoms with Crippen LogP contribution in [0.3, 0.4) is 0 Å². The predicted octanol–water partition coefficient (Wildman–Crippen LogP) is -0.0750. The second-order valence-electron chi connectivity index (χ2n) is 1.90. The zero-order valence-electron chi connectivity index (χ0n) is 6.42. The average molecular weight is 144 g/mol. The van der Waals surface area contributed by atoms with Gasteiger partial charge in [-0.05, 0) is 6.92 Å². The summed E-state index contributed by atoms with van der Waals surface area (Å²) >= 11 is 0. The van der Waals surface area contributed by atoms with Crippen molar-refractivity contribution in [2.45, 2.75) is 20.0 Å². The van der Waals surface area contributed by atoms with E-state index in [1.807, 2.05) is 0 Å². The Labute approximate surface area is 60.1 Å². The molecule has 0 spiro atoms. The van der Waals surface area contributed by atoms with Crippen molar-refractivity contribution in [1.29, 1.82) is 0 Å². The molecule has 0 aromatic heterocycles. The molecule has 0 heterocycles. The van der Waals surface area contributed by atoms with Crippen LogP contribution in [0.4, 0.5) is 0 Å². The molecule has 0 radical (unpaired) electrons. The van der Waals surface area contributed by atoms with E-state index >= 15 is 0 Å². The molecule has 0 aliphatic rings. The molecule has 0 amide bonds. The number of hydrogen-bond donors (Lipinski definition) is 1. The highest BCUT2D eigenvalue weighted by Gasteiger charge is 2.07. The van der Waals surface area contributed by atoms with Gasteiger partial charge in [0.15, 0.2) is 6.10 Å². The molecule has 0 aromatic rings. The molecule has 0 aliphatic heterocycles. The first-order valence-corrected chi connectivity index (χ1v) is 2.97. The summed E-state index contributed by atoms with van der Waals surface area (Å²) in [6, 6.07) is 0. The molecule has 0 rings (SSSR count). The highest BCUT2D eigenvalue weighted by atomic mass is 16.5. The largest absolute Gasteiger partial charge is 0.455 e. The molecule has 4 nitrogen and oxygen atoms in total. The van der Waals surface area contributed by atoms with Gasteiger partial charge in [-0.1, -0.05) is 0 Å². The van der Waals surface area contributed by atoms with Crippen molar-refractivity contribution in [3.05, 3.63) is 0 Å². The first kappa shape index (κ1) is 8.94. The Morgan fingerprint density at radius 2 is 2.20 bits per heavy atom. The van der Waals surface area contributed by atoms with Gasteiger partial charge in [-0.25, -0.2) is 0 Å². The van der Waals surface area contributed by atoms with E-state index < -0.39 is 6.10 Å². The Balaban J connectivity index is 3.85. The minimum atomic E-state index is -0.414. The number of nitrogens with two attached hydrogens (primary N) is 1. The number of amidine groups is 1. The molecule has 0 aliphatic carbocycles. The van der Waals surface area contributed by atoms with Gasteiger partial charge in [-0.2, -0.15) is 0 Å². The summed E-state index contributed by atoms with van der Waals surface area (Å²) in [6.45, 7) is 3.00. The van der Waals surface area contributed by atoms with Gasteiger partial charge in [0.2, 0.25) is 0 Å². The molecule has 1 atom stereocenters. The van der Waals surface area contributed by atoms with Crippen LogP contribution in [0, 0.1) is 0 Å². The summed E-state index contributed by atoms with van der Waals surface area (Å²) in [5.41, 5.74) is 5.34. The molecule has 0 fully saturated rings. The smallest absolute Gasteiger partial charge is 0.303 e. The van der Waals surface area contributed by atoms with Crippen LogP contribution in [0.5, 0.6) is 0 Å². The van der Waals surface area contributed by atoms with Gasteiger partial charge in [-0.3, -0.25) is 9.79 Å². The highest BCUT2D eigenvalue weighted by molar-refractivity contribution is 5.86. The molecule has 0 aromatic carbocycles. The molecule has 0 unspecified atom stereocenters. The van der Waals surface area contributed by atoms with Gasteiger partial charge in [-0.15, -0.1) is 0 Å². The molecule has 10 heavy (non-hydrogen) atoms. The lowest BCUT2D eigenvalue weighted by Crippen LogP contribution is -2.30. The number of nitrogens with zero attached hydrogens (tertiary/aromatic N) is 1. The maximum atomic E-state index is 10.3. The van der Waals surface area contributed by atoms with Gasteiger partial charge >= 0.3 is 5.97 Å². The van der Waals surface area contributed by atoms with Crippen molar-refractivity contribution in [1.82, 2.24) is 0 Å². The fraction of sp³-hybridized carbons (Fsp3) is 0.667. The summed E-state index contributed by atoms with van der Waals surface area (Å²) < 4.78 is 4.71. The normalized spacial score (nSPS) is 14.5. The Morgan fingerprint density at radius 3 is 2.50 bits per heavy atom. The Kier molecular flexibility index (Phi) is 3.46. The van der Waals surface area contributed by atoms with Crippen LogP contribution >= 0.6 is 0 Å². The zero-order chi connectivity index (χ0) is 8.15. The molecular weight excluding hydrogens is 132 g/mol. The third-order valence-corrected chi connectivity index (χ3v) is 1.02. The van der Waals surface area contributed by atoms with Crippen LogP contribution in [-0.2, 0) is 9.53 Å². The quantitative estimate of drug-likeness (QED) is 0.335. The number of carbonyl (C=O) groups is 1. The standard InChI is InChI=1S/C6H12N2O2/c1-4(6(7)8-3)10-5(2)9/h4H,1-3H3,(H2,7,8)/t4-/m1/s1. The first-order chi connectivity index (χ1) is 4.57. The minimum Gasteiger partial charge on any atom is -0.455 e. The minimum absolute atomic E-state index is 0.329. The van der Waals surface area contributed by atoms with Crippen molar-refractivity contribution < 1.29 is 9.53 Å². The maximum Gasteiger partial charge on any atom is 0.303 e. The van der Waals surface area contributed by atoms with Crippen LogP contribution in [0.25, 0.3) is 0 Å². The number of carbonyl (C=O) groups excluding carboxylic acids is 1. The Hall–Kier alpha value is -1.06. The Morgan fingerprint density at radius 1 is 1.70 bits per heavy atom. The van der Waals surface area contributed by atoms with Gasteiger partial charge in [0, 0.05) is 14.0 Å². The number of rotatable bonds is 2. The lowest BCUT2D eigenvalue weighted by atomic mass is 10.4. The van der Waals surface area contributed by atoms with E-state index in [0.29, 0.717) is 5.84 Å². The van der Waals surface area contributed by atoms with E-state index in [-0.39, 0.29) is 5.97 Å². The third-order valence-electron chi connectivity index (χ3n) is 1.02. The zero-order valence-corrected chi connectivity index (χ0v) is 6.42. The molecule has 58 valence electrons. The molecule has 2 N–H and O–H groups in total. The van der Waals surface area contributed by atoms with Crippen molar-refractivity contribution >= 4 is 11.8 Å². The van der Waals surface area contributed by atoms with Gasteiger partial charge < -0.3 is 10.5 Å². The van der Waals surface area contributed by atoms with Crippen LogP contribution in [0.15, 0.2) is 4.99 Å². The number of hydrogen-bond acceptors (Lipinski definition) is 3. The van der Waals surface area contributed by atoms with E-state index in [0.717, 1.165) is 0 Å². The SMILES string of the molecule is CN=C(N)[C@@H](C)OC(C)=O. The van der Waals surface area contributed by atoms with Crippen LogP contribution < -0.4 is 5.73 Å². The van der Waals surface area contributed by atoms with E-state index in [1.165, 1.54) is 6.92 Å². The molecular formula is C6H12N2O2. The van der Waals surface area contributed by atoms with Crippen molar-refractivity contribution in [2.24, 2.45) is 10.7 Å². The molecule has 0 bridgehead atoms. The lowest BCUT2D eigenvalue weighted by Gasteiger charge is -2.09. The summed E-state index contributed by atoms with van der Waals surface area (Å²) in [7, 11) is 1.55. The summed E-state index contributed by atoms with van der Waals surface area (Å²) in [4.78, 5) is 14.0. The molecule has 0 saturated heterocycles. The van der Waals surface area contributed by atoms with Gasteiger partial charge in [0.1, 0.15) is 5.84 Å². The second-order valence-corrected chi connectivity index (χ2v) is 1.90. The van der Waals surface area contributed by atoms with E-state index in [1.54, 1.807) is 14.0 Å². The average Bonchev–Trinajstić information content (AvgIpc) is 1.85. The van der Waals surface area contributed by atoms with Crippen LogP contribution in [-0.4, -0.2) is 25.0 Å². The van der Waals surface area contributed by atoms with Crippen molar-refractivity contribution in [3.8, 4) is 0 Å². The van der Waals surface area contributed by atoms with Crippen LogP contribution in [0.2, 0.25) is 0 Å². The molecule has 0 saturated carbocycles. The van der Waals surface area contributed by atoms with Crippen molar-refractivity contribution in [3.63, 3.8) is 0 Å². The topological polar surface area (TPSA) is 64.7 Å². The van der Waals surface area contributed by atoms with Crippen LogP contribution in [0.1, 0.15) is 13.8 Å². The Bertz CT molecular complexity index is 154. The summed E-state index contributed by atoms with van der Waals surface area (Å²) in [5, 5.41) is 0. The number of aliphatic imine (C=N–C) groups is 1. The predicted molar refractivity (Wildman–Crippen MR) is 38.8 cm³/mol. The van der Waals surface area contributed by atoms with Gasteiger partial charge in [0.25, 0.3) is 0 Å². The lowest BCUT2D eigenvalue weighted by molar-refractivity contribution is -0.142. The first-order valence-electron chi connectivity index (χ1n) is 2.97. The number of ether oxygens (including phenoxy) is 1. The van der Waals surface area contributed by atoms with Gasteiger partial charge in [0.05, 0.1) is 0 Å². The fourth-order valence-corrected chi connectivity index (χ4v) is 0.491. The maximum absolute atomic E-state index is 10.3. The second kappa shape index (κ2) is 3.87. The summed E-state index contributed by atoms with van der Waals surface area (Å²) in [6.07, 6.45) is -0.414. The van der Waals surface area contributed by atoms with E-state index in [2.05, 4.69) is 4.99 Å². The van der Waals surface area contributed by atoms with E-state index in [9.17, 15) is 4.79 Å².